The number of pyridine rings is 1. The SMILES string of the molecule is CCc1ccc2[nH]c(=O)c(CN(Cc3ccccc3)[C@H](CC)c3nnnn3C(C)(C)CC)cc2c1. The summed E-state index contributed by atoms with van der Waals surface area (Å²) in [7, 11) is 0. The van der Waals surface area contributed by atoms with Crippen LogP contribution in [-0.2, 0) is 25.0 Å². The van der Waals surface area contributed by atoms with E-state index in [0.29, 0.717) is 13.1 Å². The first-order valence-corrected chi connectivity index (χ1v) is 12.6. The molecule has 0 radical (unpaired) electrons. The second-order valence-electron chi connectivity index (χ2n) is 9.83. The van der Waals surface area contributed by atoms with Gasteiger partial charge < -0.3 is 4.98 Å². The van der Waals surface area contributed by atoms with Crippen molar-refractivity contribution in [3.05, 3.63) is 87.5 Å². The molecule has 184 valence electrons. The lowest BCUT2D eigenvalue weighted by Gasteiger charge is -2.33. The predicted molar refractivity (Wildman–Crippen MR) is 140 cm³/mol. The molecule has 0 aliphatic heterocycles. The molecule has 2 aromatic carbocycles. The van der Waals surface area contributed by atoms with Crippen LogP contribution < -0.4 is 5.56 Å². The van der Waals surface area contributed by atoms with Gasteiger partial charge in [0.2, 0.25) is 0 Å². The summed E-state index contributed by atoms with van der Waals surface area (Å²) in [6.45, 7) is 11.9. The maximum absolute atomic E-state index is 13.1. The standard InChI is InChI=1S/C28H36N6O/c1-6-20-14-15-24-22(16-20)17-23(27(35)29-24)19-33(18-21-12-10-9-11-13-21)25(7-2)26-30-31-32-34(26)28(4,5)8-3/h9-17,25H,6-8,18-19H2,1-5H3,(H,29,35)/t25-/m1/s1. The molecule has 0 saturated carbocycles. The molecule has 0 spiro atoms. The minimum absolute atomic E-state index is 0.0481. The molecule has 0 unspecified atom stereocenters. The third kappa shape index (κ3) is 5.35. The van der Waals surface area contributed by atoms with Crippen LogP contribution >= 0.6 is 0 Å². The third-order valence-electron chi connectivity index (χ3n) is 7.05. The quantitative estimate of drug-likeness (QED) is 0.335. The zero-order valence-electron chi connectivity index (χ0n) is 21.5. The topological polar surface area (TPSA) is 79.7 Å². The van der Waals surface area contributed by atoms with Crippen molar-refractivity contribution in [2.75, 3.05) is 0 Å². The molecule has 0 amide bonds. The first kappa shape index (κ1) is 24.8. The minimum atomic E-state index is -0.207. The van der Waals surface area contributed by atoms with Gasteiger partial charge in [-0.3, -0.25) is 9.69 Å². The lowest BCUT2D eigenvalue weighted by molar-refractivity contribution is 0.150. The van der Waals surface area contributed by atoms with Gasteiger partial charge in [0.1, 0.15) is 0 Å². The van der Waals surface area contributed by atoms with Gasteiger partial charge in [-0.05, 0) is 78.2 Å². The molecule has 7 nitrogen and oxygen atoms in total. The van der Waals surface area contributed by atoms with Gasteiger partial charge in [0.25, 0.3) is 5.56 Å². The van der Waals surface area contributed by atoms with Crippen molar-refractivity contribution in [1.29, 1.82) is 0 Å². The van der Waals surface area contributed by atoms with E-state index < -0.39 is 0 Å². The Balaban J connectivity index is 1.77. The summed E-state index contributed by atoms with van der Waals surface area (Å²) < 4.78 is 1.96. The predicted octanol–water partition coefficient (Wildman–Crippen LogP) is 5.38. The fourth-order valence-electron chi connectivity index (χ4n) is 4.54. The van der Waals surface area contributed by atoms with Crippen molar-refractivity contribution < 1.29 is 0 Å². The number of rotatable bonds is 10. The Morgan fingerprint density at radius 3 is 2.46 bits per heavy atom. The highest BCUT2D eigenvalue weighted by Crippen LogP contribution is 2.30. The number of nitrogens with one attached hydrogen (secondary N) is 1. The number of hydrogen-bond donors (Lipinski definition) is 1. The van der Waals surface area contributed by atoms with Crippen LogP contribution in [0.4, 0.5) is 0 Å². The van der Waals surface area contributed by atoms with E-state index in [2.05, 4.69) is 84.3 Å². The summed E-state index contributed by atoms with van der Waals surface area (Å²) in [5, 5.41) is 13.9. The number of hydrogen-bond acceptors (Lipinski definition) is 5. The fourth-order valence-corrected chi connectivity index (χ4v) is 4.54. The number of fused-ring (bicyclic) bond motifs is 1. The van der Waals surface area contributed by atoms with Gasteiger partial charge >= 0.3 is 0 Å². The van der Waals surface area contributed by atoms with Gasteiger partial charge in [-0.25, -0.2) is 4.68 Å². The molecule has 2 aromatic heterocycles. The Kier molecular flexibility index (Phi) is 7.45. The third-order valence-corrected chi connectivity index (χ3v) is 7.05. The second kappa shape index (κ2) is 10.5. The van der Waals surface area contributed by atoms with Crippen LogP contribution in [0.15, 0.2) is 59.4 Å². The molecular weight excluding hydrogens is 436 g/mol. The van der Waals surface area contributed by atoms with Crippen molar-refractivity contribution in [2.45, 2.75) is 78.6 Å². The van der Waals surface area contributed by atoms with Crippen molar-refractivity contribution in [1.82, 2.24) is 30.1 Å². The molecule has 4 aromatic rings. The fraction of sp³-hybridized carbons (Fsp3) is 0.429. The Hall–Kier alpha value is -3.32. The van der Waals surface area contributed by atoms with Crippen molar-refractivity contribution in [2.24, 2.45) is 0 Å². The first-order chi connectivity index (χ1) is 16.9. The molecule has 0 saturated heterocycles. The Bertz CT molecular complexity index is 1320. The summed E-state index contributed by atoms with van der Waals surface area (Å²) in [6.07, 6.45) is 2.68. The van der Waals surface area contributed by atoms with E-state index >= 15 is 0 Å². The number of aryl methyl sites for hydroxylation is 1. The highest BCUT2D eigenvalue weighted by atomic mass is 16.1. The number of aromatic nitrogens is 5. The summed E-state index contributed by atoms with van der Waals surface area (Å²) in [5.74, 6) is 0.834. The summed E-state index contributed by atoms with van der Waals surface area (Å²) in [5.41, 5.74) is 3.79. The zero-order valence-corrected chi connectivity index (χ0v) is 21.5. The maximum Gasteiger partial charge on any atom is 0.252 e. The molecule has 0 aliphatic carbocycles. The lowest BCUT2D eigenvalue weighted by atomic mass is 10.0. The molecule has 4 rings (SSSR count). The van der Waals surface area contributed by atoms with E-state index in [1.54, 1.807) is 0 Å². The van der Waals surface area contributed by atoms with Crippen molar-refractivity contribution in [3.63, 3.8) is 0 Å². The average Bonchev–Trinajstić information content (AvgIpc) is 3.36. The van der Waals surface area contributed by atoms with Crippen LogP contribution in [0.25, 0.3) is 10.9 Å². The highest BCUT2D eigenvalue weighted by molar-refractivity contribution is 5.79. The number of nitrogens with zero attached hydrogens (tertiary/aromatic N) is 5. The van der Waals surface area contributed by atoms with Gasteiger partial charge in [-0.1, -0.05) is 57.2 Å². The number of aromatic amines is 1. The zero-order chi connectivity index (χ0) is 25.0. The maximum atomic E-state index is 13.1. The van der Waals surface area contributed by atoms with Crippen molar-refractivity contribution >= 4 is 10.9 Å². The molecule has 0 fully saturated rings. The average molecular weight is 473 g/mol. The Labute approximate surface area is 207 Å². The van der Waals surface area contributed by atoms with Gasteiger partial charge in [-0.2, -0.15) is 0 Å². The normalized spacial score (nSPS) is 13.0. The number of benzene rings is 2. The van der Waals surface area contributed by atoms with E-state index in [9.17, 15) is 4.79 Å². The molecule has 2 heterocycles. The summed E-state index contributed by atoms with van der Waals surface area (Å²) >= 11 is 0. The van der Waals surface area contributed by atoms with Crippen LogP contribution in [0.5, 0.6) is 0 Å². The number of tetrazole rings is 1. The summed E-state index contributed by atoms with van der Waals surface area (Å²) in [4.78, 5) is 18.5. The monoisotopic (exact) mass is 472 g/mol. The lowest BCUT2D eigenvalue weighted by Crippen LogP contribution is -2.36. The van der Waals surface area contributed by atoms with Crippen molar-refractivity contribution in [3.8, 4) is 0 Å². The summed E-state index contributed by atoms with van der Waals surface area (Å²) in [6, 6.07) is 18.6. The van der Waals surface area contributed by atoms with E-state index in [1.807, 2.05) is 35.0 Å². The van der Waals surface area contributed by atoms with Crippen LogP contribution in [0, 0.1) is 0 Å². The highest BCUT2D eigenvalue weighted by Gasteiger charge is 2.31. The second-order valence-corrected chi connectivity index (χ2v) is 9.83. The van der Waals surface area contributed by atoms with Crippen LogP contribution in [0.3, 0.4) is 0 Å². The molecule has 1 N–H and O–H groups in total. The number of H-pyrrole nitrogens is 1. The van der Waals surface area contributed by atoms with Gasteiger partial charge in [0.05, 0.1) is 11.6 Å². The molecule has 0 aliphatic rings. The first-order valence-electron chi connectivity index (χ1n) is 12.6. The van der Waals surface area contributed by atoms with Gasteiger partial charge in [0.15, 0.2) is 5.82 Å². The van der Waals surface area contributed by atoms with E-state index in [1.165, 1.54) is 11.1 Å². The van der Waals surface area contributed by atoms with Gasteiger partial charge in [-0.15, -0.1) is 5.10 Å². The minimum Gasteiger partial charge on any atom is -0.322 e. The Morgan fingerprint density at radius 1 is 1.00 bits per heavy atom. The van der Waals surface area contributed by atoms with Crippen LogP contribution in [0.1, 0.15) is 76.0 Å². The van der Waals surface area contributed by atoms with Crippen LogP contribution in [0.2, 0.25) is 0 Å². The van der Waals surface area contributed by atoms with E-state index in [4.69, 9.17) is 0 Å². The largest absolute Gasteiger partial charge is 0.322 e. The van der Waals surface area contributed by atoms with E-state index in [0.717, 1.165) is 41.6 Å². The molecule has 7 heteroatoms. The molecular formula is C28H36N6O. The van der Waals surface area contributed by atoms with Gasteiger partial charge in [0, 0.05) is 24.2 Å². The smallest absolute Gasteiger partial charge is 0.252 e. The molecule has 0 bridgehead atoms. The Morgan fingerprint density at radius 2 is 1.77 bits per heavy atom. The molecule has 35 heavy (non-hydrogen) atoms. The molecule has 1 atom stereocenters. The van der Waals surface area contributed by atoms with Crippen LogP contribution in [-0.4, -0.2) is 30.1 Å². The van der Waals surface area contributed by atoms with E-state index in [-0.39, 0.29) is 17.1 Å².